The van der Waals surface area contributed by atoms with E-state index in [2.05, 4.69) is 70.7 Å². The van der Waals surface area contributed by atoms with Crippen molar-refractivity contribution in [3.8, 4) is 0 Å². The summed E-state index contributed by atoms with van der Waals surface area (Å²) >= 11 is 2.32. The Labute approximate surface area is 165 Å². The van der Waals surface area contributed by atoms with Gasteiger partial charge in [-0.1, -0.05) is 0 Å². The Morgan fingerprint density at radius 2 is 1.55 bits per heavy atom. The van der Waals surface area contributed by atoms with Crippen LogP contribution in [-0.2, 0) is 20.4 Å². The van der Waals surface area contributed by atoms with Crippen molar-refractivity contribution in [1.29, 1.82) is 0 Å². The third-order valence-corrected chi connectivity index (χ3v) is 11.7. The van der Waals surface area contributed by atoms with Gasteiger partial charge in [-0.2, -0.15) is 0 Å². The molecule has 1 unspecified atom stereocenters. The molecule has 1 saturated heterocycles. The van der Waals surface area contributed by atoms with E-state index in [1.807, 2.05) is 0 Å². The molecule has 0 aromatic heterocycles. The zero-order chi connectivity index (χ0) is 13.5. The summed E-state index contributed by atoms with van der Waals surface area (Å²) in [4.78, 5) is 0. The van der Waals surface area contributed by atoms with Gasteiger partial charge in [-0.15, -0.1) is 0 Å². The molecule has 1 atom stereocenters. The second-order valence-corrected chi connectivity index (χ2v) is 11.2. The zero-order valence-electron chi connectivity index (χ0n) is 13.0. The molecular formula is C17H21Cl3SiTi. The zero-order valence-corrected chi connectivity index (χ0v) is 17.8. The van der Waals surface area contributed by atoms with Crippen molar-refractivity contribution in [2.45, 2.75) is 38.8 Å². The first kappa shape index (κ1) is 22.5. The van der Waals surface area contributed by atoms with Gasteiger partial charge in [0.15, 0.2) is 0 Å². The Bertz CT molecular complexity index is 548. The first-order chi connectivity index (χ1) is 9.15. The largest absolute Gasteiger partial charge is 1.00 e. The SMILES string of the molecule is CC1=[C]([Ti+3])C(C)C=C1[Si]1(c2ccccc2)CCCC1.[Cl-].[Cl-].[Cl-]. The molecule has 1 fully saturated rings. The monoisotopic (exact) mass is 406 g/mol. The number of rotatable bonds is 2. The van der Waals surface area contributed by atoms with E-state index < -0.39 is 8.07 Å². The second-order valence-electron chi connectivity index (χ2n) is 6.06. The molecule has 0 nitrogen and oxygen atoms in total. The third kappa shape index (κ3) is 3.77. The van der Waals surface area contributed by atoms with Crippen LogP contribution in [0.3, 0.4) is 0 Å². The predicted molar refractivity (Wildman–Crippen MR) is 80.6 cm³/mol. The molecule has 1 aliphatic heterocycles. The van der Waals surface area contributed by atoms with Crippen LogP contribution in [0.1, 0.15) is 26.7 Å². The summed E-state index contributed by atoms with van der Waals surface area (Å²) in [6.45, 7) is 4.72. The van der Waals surface area contributed by atoms with E-state index in [0.29, 0.717) is 5.92 Å². The molecule has 0 amide bonds. The summed E-state index contributed by atoms with van der Waals surface area (Å²) in [5.41, 5.74) is 1.62. The molecular weight excluding hydrogens is 386 g/mol. The molecule has 5 heteroatoms. The molecule has 0 radical (unpaired) electrons. The Kier molecular flexibility index (Phi) is 9.31. The van der Waals surface area contributed by atoms with Crippen LogP contribution in [0.25, 0.3) is 0 Å². The molecule has 118 valence electrons. The maximum atomic E-state index is 2.59. The van der Waals surface area contributed by atoms with Crippen molar-refractivity contribution >= 4 is 13.3 Å². The van der Waals surface area contributed by atoms with Crippen molar-refractivity contribution in [2.24, 2.45) is 5.92 Å². The van der Waals surface area contributed by atoms with Crippen LogP contribution in [0.5, 0.6) is 0 Å². The van der Waals surface area contributed by atoms with Gasteiger partial charge in [-0.05, 0) is 0 Å². The quantitative estimate of drug-likeness (QED) is 0.431. The molecule has 22 heavy (non-hydrogen) atoms. The van der Waals surface area contributed by atoms with E-state index in [0.717, 1.165) is 0 Å². The Hall–Kier alpha value is 0.501. The van der Waals surface area contributed by atoms with Gasteiger partial charge in [-0.3, -0.25) is 0 Å². The normalized spacial score (nSPS) is 22.4. The standard InChI is InChI=1S/C17H21Si.3ClH.Ti/c1-14-12-15(2)17(13-14)18(10-6-7-11-18)16-8-4-3-5-9-16;;;;/h3-5,8-9,13-14H,6-7,10-11H2,1-2H3;3*1H;/q;;;;+3/p-3. The van der Waals surface area contributed by atoms with Crippen molar-refractivity contribution < 1.29 is 57.7 Å². The van der Waals surface area contributed by atoms with Crippen molar-refractivity contribution in [2.75, 3.05) is 0 Å². The van der Waals surface area contributed by atoms with Gasteiger partial charge >= 0.3 is 129 Å². The molecule has 0 N–H and O–H groups in total. The number of hydrogen-bond donors (Lipinski definition) is 0. The van der Waals surface area contributed by atoms with E-state index in [-0.39, 0.29) is 37.2 Å². The van der Waals surface area contributed by atoms with E-state index in [9.17, 15) is 0 Å². The average molecular weight is 408 g/mol. The first-order valence-electron chi connectivity index (χ1n) is 7.36. The van der Waals surface area contributed by atoms with Gasteiger partial charge in [0.25, 0.3) is 0 Å². The molecule has 1 aliphatic carbocycles. The van der Waals surface area contributed by atoms with Crippen LogP contribution in [0, 0.1) is 5.92 Å². The summed E-state index contributed by atoms with van der Waals surface area (Å²) in [6.07, 6.45) is 5.45. The van der Waals surface area contributed by atoms with Crippen molar-refractivity contribution in [3.63, 3.8) is 0 Å². The van der Waals surface area contributed by atoms with E-state index in [1.165, 1.54) is 24.9 Å². The van der Waals surface area contributed by atoms with Crippen LogP contribution in [-0.4, -0.2) is 8.07 Å². The summed E-state index contributed by atoms with van der Waals surface area (Å²) in [6, 6.07) is 14.3. The average Bonchev–Trinajstić information content (AvgIpc) is 3.02. The maximum Gasteiger partial charge on any atom is -1.00 e. The van der Waals surface area contributed by atoms with Gasteiger partial charge in [0, 0.05) is 0 Å². The van der Waals surface area contributed by atoms with Crippen LogP contribution >= 0.6 is 0 Å². The molecule has 2 aliphatic rings. The molecule has 1 heterocycles. The molecule has 0 spiro atoms. The van der Waals surface area contributed by atoms with Crippen LogP contribution in [0.4, 0.5) is 0 Å². The molecule has 3 rings (SSSR count). The summed E-state index contributed by atoms with van der Waals surface area (Å²) in [5, 5.41) is 3.43. The summed E-state index contributed by atoms with van der Waals surface area (Å²) in [5.74, 6) is 0.656. The second kappa shape index (κ2) is 9.11. The molecule has 0 saturated carbocycles. The smallest absolute Gasteiger partial charge is 1.00 e. The van der Waals surface area contributed by atoms with Crippen LogP contribution in [0.2, 0.25) is 12.1 Å². The van der Waals surface area contributed by atoms with Gasteiger partial charge in [0.05, 0.1) is 0 Å². The number of allylic oxidation sites excluding steroid dienone is 4. The van der Waals surface area contributed by atoms with E-state index >= 15 is 0 Å². The van der Waals surface area contributed by atoms with Gasteiger partial charge in [-0.25, -0.2) is 0 Å². The molecule has 0 bridgehead atoms. The van der Waals surface area contributed by atoms with Crippen LogP contribution < -0.4 is 42.4 Å². The third-order valence-electron chi connectivity index (χ3n) is 4.98. The Morgan fingerprint density at radius 3 is 2.00 bits per heavy atom. The number of benzene rings is 1. The summed E-state index contributed by atoms with van der Waals surface area (Å²) in [7, 11) is -1.42. The fraction of sp³-hybridized carbons (Fsp3) is 0.412. The maximum absolute atomic E-state index is 2.59. The number of halogens is 3. The Balaban J connectivity index is 0.00000147. The summed E-state index contributed by atoms with van der Waals surface area (Å²) < 4.78 is 1.60. The Morgan fingerprint density at radius 1 is 1.00 bits per heavy atom. The van der Waals surface area contributed by atoms with Gasteiger partial charge < -0.3 is 37.2 Å². The van der Waals surface area contributed by atoms with E-state index in [4.69, 9.17) is 0 Å². The van der Waals surface area contributed by atoms with E-state index in [1.54, 1.807) is 19.8 Å². The van der Waals surface area contributed by atoms with Gasteiger partial charge in [0.2, 0.25) is 0 Å². The number of hydrogen-bond acceptors (Lipinski definition) is 0. The topological polar surface area (TPSA) is 0 Å². The fourth-order valence-corrected chi connectivity index (χ4v) is 10.1. The van der Waals surface area contributed by atoms with Crippen molar-refractivity contribution in [3.05, 3.63) is 51.1 Å². The fourth-order valence-electron chi connectivity index (χ4n) is 3.91. The first-order valence-corrected chi connectivity index (χ1v) is 10.6. The molecule has 1 aromatic carbocycles. The minimum Gasteiger partial charge on any atom is -1.00 e. The minimum absolute atomic E-state index is 0. The minimum atomic E-state index is -1.42. The van der Waals surface area contributed by atoms with Crippen LogP contribution in [0.15, 0.2) is 51.1 Å². The van der Waals surface area contributed by atoms with Crippen molar-refractivity contribution in [1.82, 2.24) is 0 Å². The van der Waals surface area contributed by atoms with Gasteiger partial charge in [0.1, 0.15) is 0 Å². The molecule has 1 aromatic rings. The predicted octanol–water partition coefficient (Wildman–Crippen LogP) is -4.92.